The van der Waals surface area contributed by atoms with Crippen molar-refractivity contribution in [1.82, 2.24) is 10.2 Å². The quantitative estimate of drug-likeness (QED) is 0.706. The summed E-state index contributed by atoms with van der Waals surface area (Å²) in [7, 11) is 0. The van der Waals surface area contributed by atoms with Gasteiger partial charge < -0.3 is 15.3 Å². The molecule has 2 amide bonds. The molecule has 0 aromatic carbocycles. The molecular formula is C10H16N2O3. The third kappa shape index (κ3) is 1.91. The second kappa shape index (κ2) is 3.72. The molecule has 2 unspecified atom stereocenters. The summed E-state index contributed by atoms with van der Waals surface area (Å²) >= 11 is 0. The molecule has 15 heavy (non-hydrogen) atoms. The average molecular weight is 212 g/mol. The molecule has 1 heterocycles. The maximum Gasteiger partial charge on any atom is 0.325 e. The summed E-state index contributed by atoms with van der Waals surface area (Å²) in [4.78, 5) is 24.1. The highest BCUT2D eigenvalue weighted by molar-refractivity contribution is 5.82. The summed E-state index contributed by atoms with van der Waals surface area (Å²) in [6.45, 7) is 2.28. The molecule has 2 N–H and O–H groups in total. The Balaban J connectivity index is 1.89. The van der Waals surface area contributed by atoms with E-state index in [9.17, 15) is 9.59 Å². The van der Waals surface area contributed by atoms with Gasteiger partial charge in [-0.1, -0.05) is 0 Å². The van der Waals surface area contributed by atoms with Gasteiger partial charge in [-0.05, 0) is 32.1 Å². The Morgan fingerprint density at radius 1 is 1.47 bits per heavy atom. The lowest BCUT2D eigenvalue weighted by Gasteiger charge is -2.27. The zero-order valence-electron chi connectivity index (χ0n) is 8.77. The number of carbonyl (C=O) groups is 2. The van der Waals surface area contributed by atoms with Gasteiger partial charge in [0.05, 0.1) is 0 Å². The first-order chi connectivity index (χ1) is 7.08. The Morgan fingerprint density at radius 2 is 2.20 bits per heavy atom. The molecule has 84 valence electrons. The van der Waals surface area contributed by atoms with Gasteiger partial charge in [-0.3, -0.25) is 4.79 Å². The van der Waals surface area contributed by atoms with Gasteiger partial charge in [0, 0.05) is 12.6 Å². The average Bonchev–Trinajstić information content (AvgIpc) is 2.78. The first kappa shape index (κ1) is 10.3. The minimum Gasteiger partial charge on any atom is -0.480 e. The number of aliphatic carboxylic acids is 1. The lowest BCUT2D eigenvalue weighted by molar-refractivity contribution is -0.138. The van der Waals surface area contributed by atoms with Crippen LogP contribution in [-0.2, 0) is 4.79 Å². The van der Waals surface area contributed by atoms with E-state index in [0.717, 1.165) is 19.4 Å². The standard InChI is InChI=1S/C10H16N2O3/c1-6(9(13)14)11-10(15)12-5-7-2-3-8(12)4-7/h6-8H,2-5H2,1H3,(H,11,15)(H,13,14)/t6-,7?,8?/m1/s1. The molecule has 0 spiro atoms. The molecule has 2 fully saturated rings. The van der Waals surface area contributed by atoms with Crippen molar-refractivity contribution in [3.63, 3.8) is 0 Å². The predicted octanol–water partition coefficient (Wildman–Crippen LogP) is 0.653. The van der Waals surface area contributed by atoms with E-state index >= 15 is 0 Å². The molecule has 5 nitrogen and oxygen atoms in total. The fourth-order valence-electron chi connectivity index (χ4n) is 2.50. The molecule has 3 atom stereocenters. The van der Waals surface area contributed by atoms with Crippen LogP contribution in [0.1, 0.15) is 26.2 Å². The first-order valence-electron chi connectivity index (χ1n) is 5.38. The van der Waals surface area contributed by atoms with Gasteiger partial charge in [-0.15, -0.1) is 0 Å². The number of nitrogens with zero attached hydrogens (tertiary/aromatic N) is 1. The van der Waals surface area contributed by atoms with Gasteiger partial charge in [-0.25, -0.2) is 4.79 Å². The van der Waals surface area contributed by atoms with Crippen molar-refractivity contribution in [2.45, 2.75) is 38.3 Å². The molecule has 1 saturated heterocycles. The summed E-state index contributed by atoms with van der Waals surface area (Å²) < 4.78 is 0. The van der Waals surface area contributed by atoms with E-state index in [4.69, 9.17) is 5.11 Å². The first-order valence-corrected chi connectivity index (χ1v) is 5.38. The molecule has 1 saturated carbocycles. The molecule has 0 aromatic heterocycles. The number of hydrogen-bond acceptors (Lipinski definition) is 2. The van der Waals surface area contributed by atoms with Gasteiger partial charge in [0.1, 0.15) is 6.04 Å². The van der Waals surface area contributed by atoms with E-state index in [0.29, 0.717) is 12.0 Å². The van der Waals surface area contributed by atoms with Crippen LogP contribution in [0.4, 0.5) is 4.79 Å². The molecule has 5 heteroatoms. The van der Waals surface area contributed by atoms with Crippen LogP contribution in [0.2, 0.25) is 0 Å². The summed E-state index contributed by atoms with van der Waals surface area (Å²) in [5, 5.41) is 11.2. The summed E-state index contributed by atoms with van der Waals surface area (Å²) in [6, 6.07) is -0.690. The zero-order valence-corrected chi connectivity index (χ0v) is 8.77. The highest BCUT2D eigenvalue weighted by Crippen LogP contribution is 2.37. The Hall–Kier alpha value is -1.26. The number of carboxylic acids is 1. The molecule has 1 aliphatic heterocycles. The number of amides is 2. The van der Waals surface area contributed by atoms with E-state index in [1.165, 1.54) is 13.3 Å². The fourth-order valence-corrected chi connectivity index (χ4v) is 2.50. The lowest BCUT2D eigenvalue weighted by atomic mass is 10.1. The van der Waals surface area contributed by atoms with Crippen LogP contribution in [0, 0.1) is 5.92 Å². The van der Waals surface area contributed by atoms with Gasteiger partial charge in [0.2, 0.25) is 0 Å². The van der Waals surface area contributed by atoms with Crippen LogP contribution >= 0.6 is 0 Å². The van der Waals surface area contributed by atoms with Crippen LogP contribution in [0.15, 0.2) is 0 Å². The number of rotatable bonds is 2. The topological polar surface area (TPSA) is 69.6 Å². The smallest absolute Gasteiger partial charge is 0.325 e. The van der Waals surface area contributed by atoms with E-state index in [-0.39, 0.29) is 6.03 Å². The Kier molecular flexibility index (Phi) is 2.54. The second-order valence-electron chi connectivity index (χ2n) is 4.49. The maximum atomic E-state index is 11.7. The van der Waals surface area contributed by atoms with Crippen molar-refractivity contribution in [2.75, 3.05) is 6.54 Å². The summed E-state index contributed by atoms with van der Waals surface area (Å²) in [5.74, 6) is -0.353. The summed E-state index contributed by atoms with van der Waals surface area (Å²) in [6.07, 6.45) is 3.37. The molecule has 2 rings (SSSR count). The Labute approximate surface area is 88.4 Å². The minimum atomic E-state index is -0.993. The van der Waals surface area contributed by atoms with Crippen molar-refractivity contribution in [2.24, 2.45) is 5.92 Å². The van der Waals surface area contributed by atoms with Gasteiger partial charge in [0.25, 0.3) is 0 Å². The van der Waals surface area contributed by atoms with Crippen molar-refractivity contribution in [3.8, 4) is 0 Å². The monoisotopic (exact) mass is 212 g/mol. The number of likely N-dealkylation sites (tertiary alicyclic amines) is 1. The molecule has 2 bridgehead atoms. The van der Waals surface area contributed by atoms with E-state index in [2.05, 4.69) is 5.32 Å². The number of carboxylic acid groups (broad SMARTS) is 1. The van der Waals surface area contributed by atoms with Crippen LogP contribution < -0.4 is 5.32 Å². The summed E-state index contributed by atoms with van der Waals surface area (Å²) in [5.41, 5.74) is 0. The third-order valence-electron chi connectivity index (χ3n) is 3.38. The number of piperidine rings is 1. The lowest BCUT2D eigenvalue weighted by Crippen LogP contribution is -2.49. The van der Waals surface area contributed by atoms with Gasteiger partial charge in [0.15, 0.2) is 0 Å². The predicted molar refractivity (Wildman–Crippen MR) is 53.5 cm³/mol. The highest BCUT2D eigenvalue weighted by atomic mass is 16.4. The zero-order chi connectivity index (χ0) is 11.0. The molecule has 1 aliphatic carbocycles. The third-order valence-corrected chi connectivity index (χ3v) is 3.38. The van der Waals surface area contributed by atoms with E-state index < -0.39 is 12.0 Å². The molecule has 2 aliphatic rings. The minimum absolute atomic E-state index is 0.225. The normalized spacial score (nSPS) is 30.3. The number of carbonyl (C=O) groups excluding carboxylic acids is 1. The Morgan fingerprint density at radius 3 is 2.67 bits per heavy atom. The highest BCUT2D eigenvalue weighted by Gasteiger charge is 2.40. The Bertz CT molecular complexity index is 292. The maximum absolute atomic E-state index is 11.7. The number of nitrogens with one attached hydrogen (secondary N) is 1. The van der Waals surface area contributed by atoms with Crippen molar-refractivity contribution in [3.05, 3.63) is 0 Å². The van der Waals surface area contributed by atoms with Gasteiger partial charge >= 0.3 is 12.0 Å². The second-order valence-corrected chi connectivity index (χ2v) is 4.49. The van der Waals surface area contributed by atoms with Crippen molar-refractivity contribution >= 4 is 12.0 Å². The number of hydrogen-bond donors (Lipinski definition) is 2. The van der Waals surface area contributed by atoms with Crippen LogP contribution in [0.25, 0.3) is 0 Å². The SMILES string of the molecule is C[C@@H](NC(=O)N1CC2CCC1C2)C(=O)O. The molecular weight excluding hydrogens is 196 g/mol. The van der Waals surface area contributed by atoms with E-state index in [1.54, 1.807) is 4.90 Å². The van der Waals surface area contributed by atoms with Gasteiger partial charge in [-0.2, -0.15) is 0 Å². The largest absolute Gasteiger partial charge is 0.480 e. The number of fused-ring (bicyclic) bond motifs is 2. The van der Waals surface area contributed by atoms with Crippen molar-refractivity contribution < 1.29 is 14.7 Å². The molecule has 0 radical (unpaired) electrons. The van der Waals surface area contributed by atoms with Crippen LogP contribution in [-0.4, -0.2) is 40.6 Å². The number of urea groups is 1. The van der Waals surface area contributed by atoms with Crippen LogP contribution in [0.5, 0.6) is 0 Å². The van der Waals surface area contributed by atoms with Crippen LogP contribution in [0.3, 0.4) is 0 Å². The molecule has 0 aromatic rings. The van der Waals surface area contributed by atoms with E-state index in [1.807, 2.05) is 0 Å². The van der Waals surface area contributed by atoms with Crippen molar-refractivity contribution in [1.29, 1.82) is 0 Å². The fraction of sp³-hybridized carbons (Fsp3) is 0.800.